The van der Waals surface area contributed by atoms with Gasteiger partial charge < -0.3 is 19.5 Å². The van der Waals surface area contributed by atoms with Crippen molar-refractivity contribution in [2.24, 2.45) is 11.8 Å². The normalized spacial score (nSPS) is 18.2. The average Bonchev–Trinajstić information content (AvgIpc) is 3.03. The van der Waals surface area contributed by atoms with Gasteiger partial charge in [0.05, 0.1) is 24.9 Å². The van der Waals surface area contributed by atoms with Crippen molar-refractivity contribution in [2.75, 3.05) is 36.5 Å². The van der Waals surface area contributed by atoms with Crippen molar-refractivity contribution in [3.05, 3.63) is 30.4 Å². The van der Waals surface area contributed by atoms with Crippen LogP contribution in [0, 0.1) is 18.8 Å². The number of aromatic nitrogens is 5. The van der Waals surface area contributed by atoms with Crippen LogP contribution in [0.25, 0.3) is 11.0 Å². The van der Waals surface area contributed by atoms with E-state index in [2.05, 4.69) is 43.6 Å². The van der Waals surface area contributed by atoms with Crippen molar-refractivity contribution >= 4 is 28.6 Å². The van der Waals surface area contributed by atoms with Crippen molar-refractivity contribution in [2.45, 2.75) is 39.7 Å². The number of aryl methyl sites for hydroxylation is 1. The lowest BCUT2D eigenvalue weighted by molar-refractivity contribution is -0.0651. The predicted octanol–water partition coefficient (Wildman–Crippen LogP) is 3.72. The lowest BCUT2D eigenvalue weighted by atomic mass is 9.83. The number of rotatable bonds is 5. The van der Waals surface area contributed by atoms with Crippen LogP contribution in [0.15, 0.2) is 24.5 Å². The zero-order valence-electron chi connectivity index (χ0n) is 17.9. The summed E-state index contributed by atoms with van der Waals surface area (Å²) >= 11 is 0. The summed E-state index contributed by atoms with van der Waals surface area (Å²) in [7, 11) is 0. The molecule has 0 atom stereocenters. The molecule has 8 nitrogen and oxygen atoms in total. The molecular weight excluding hydrogens is 378 g/mol. The highest BCUT2D eigenvalue weighted by Gasteiger charge is 2.31. The summed E-state index contributed by atoms with van der Waals surface area (Å²) < 4.78 is 7.59. The molecule has 8 heteroatoms. The Morgan fingerprint density at radius 3 is 2.57 bits per heavy atom. The molecule has 2 fully saturated rings. The van der Waals surface area contributed by atoms with E-state index in [1.807, 2.05) is 31.5 Å². The number of ether oxygens (including phenoxy) is 1. The molecule has 1 N–H and O–H groups in total. The average molecular weight is 408 g/mol. The van der Waals surface area contributed by atoms with Crippen molar-refractivity contribution in [3.8, 4) is 0 Å². The lowest BCUT2D eigenvalue weighted by Gasteiger charge is -2.39. The van der Waals surface area contributed by atoms with Crippen LogP contribution in [0.2, 0.25) is 0 Å². The molecule has 0 spiro atoms. The lowest BCUT2D eigenvalue weighted by Crippen LogP contribution is -2.42. The SMILES string of the molecule is Cc1nc2cnc(Nc3ccnc(N4CCC(C5COC5)CC4)n3)cc2n1C(C)C. The van der Waals surface area contributed by atoms with E-state index < -0.39 is 0 Å². The molecule has 5 rings (SSSR count). The van der Waals surface area contributed by atoms with Gasteiger partial charge in [-0.1, -0.05) is 0 Å². The van der Waals surface area contributed by atoms with Crippen LogP contribution in [0.3, 0.4) is 0 Å². The highest BCUT2D eigenvalue weighted by molar-refractivity contribution is 5.79. The standard InChI is InChI=1S/C22H29N7O/c1-14(2)29-15(3)25-18-11-24-21(10-19(18)29)26-20-4-7-23-22(27-20)28-8-5-16(6-9-28)17-12-30-13-17/h4,7,10-11,14,16-17H,5-6,8-9,12-13H2,1-3H3,(H,23,24,26,27). The van der Waals surface area contributed by atoms with Crippen LogP contribution in [-0.2, 0) is 4.74 Å². The maximum absolute atomic E-state index is 5.36. The molecule has 0 amide bonds. The van der Waals surface area contributed by atoms with Gasteiger partial charge in [0.2, 0.25) is 5.95 Å². The van der Waals surface area contributed by atoms with E-state index in [9.17, 15) is 0 Å². The van der Waals surface area contributed by atoms with Crippen molar-refractivity contribution in [1.82, 2.24) is 24.5 Å². The number of anilines is 3. The zero-order chi connectivity index (χ0) is 20.7. The molecule has 0 radical (unpaired) electrons. The fraction of sp³-hybridized carbons (Fsp3) is 0.545. The smallest absolute Gasteiger partial charge is 0.227 e. The third-order valence-electron chi connectivity index (χ3n) is 6.32. The van der Waals surface area contributed by atoms with Gasteiger partial charge in [-0.15, -0.1) is 0 Å². The van der Waals surface area contributed by atoms with Gasteiger partial charge in [-0.25, -0.2) is 15.0 Å². The number of fused-ring (bicyclic) bond motifs is 1. The third-order valence-corrected chi connectivity index (χ3v) is 6.32. The second kappa shape index (κ2) is 7.83. The van der Waals surface area contributed by atoms with E-state index in [0.29, 0.717) is 6.04 Å². The first-order chi connectivity index (χ1) is 14.6. The number of nitrogens with zero attached hydrogens (tertiary/aromatic N) is 6. The second-order valence-corrected chi connectivity index (χ2v) is 8.67. The van der Waals surface area contributed by atoms with E-state index in [4.69, 9.17) is 9.72 Å². The van der Waals surface area contributed by atoms with Gasteiger partial charge in [-0.3, -0.25) is 0 Å². The Morgan fingerprint density at radius 2 is 1.87 bits per heavy atom. The second-order valence-electron chi connectivity index (χ2n) is 8.67. The Bertz CT molecular complexity index is 1040. The number of piperidine rings is 1. The van der Waals surface area contributed by atoms with Crippen LogP contribution in [-0.4, -0.2) is 50.8 Å². The molecule has 2 aliphatic rings. The van der Waals surface area contributed by atoms with Crippen LogP contribution in [0.4, 0.5) is 17.6 Å². The summed E-state index contributed by atoms with van der Waals surface area (Å²) in [6.07, 6.45) is 6.01. The number of pyridine rings is 1. The Balaban J connectivity index is 1.32. The summed E-state index contributed by atoms with van der Waals surface area (Å²) in [5.74, 6) is 4.84. The monoisotopic (exact) mass is 407 g/mol. The minimum Gasteiger partial charge on any atom is -0.381 e. The maximum atomic E-state index is 5.36. The van der Waals surface area contributed by atoms with Gasteiger partial charge >= 0.3 is 0 Å². The van der Waals surface area contributed by atoms with Gasteiger partial charge in [-0.05, 0) is 45.6 Å². The Labute approximate surface area is 176 Å². The molecule has 2 saturated heterocycles. The van der Waals surface area contributed by atoms with E-state index in [1.54, 1.807) is 0 Å². The molecule has 0 aliphatic carbocycles. The first kappa shape index (κ1) is 19.2. The Morgan fingerprint density at radius 1 is 1.07 bits per heavy atom. The quantitative estimate of drug-likeness (QED) is 0.690. The zero-order valence-corrected chi connectivity index (χ0v) is 17.9. The molecular formula is C22H29N7O. The number of imidazole rings is 1. The van der Waals surface area contributed by atoms with Crippen LogP contribution in [0.5, 0.6) is 0 Å². The number of hydrogen-bond donors (Lipinski definition) is 1. The summed E-state index contributed by atoms with van der Waals surface area (Å²) in [5, 5.41) is 3.35. The molecule has 30 heavy (non-hydrogen) atoms. The van der Waals surface area contributed by atoms with Gasteiger partial charge in [0.25, 0.3) is 0 Å². The molecule has 5 heterocycles. The fourth-order valence-corrected chi connectivity index (χ4v) is 4.64. The van der Waals surface area contributed by atoms with E-state index in [1.165, 1.54) is 12.8 Å². The molecule has 3 aromatic heterocycles. The predicted molar refractivity (Wildman–Crippen MR) is 117 cm³/mol. The van der Waals surface area contributed by atoms with Gasteiger partial charge in [0.1, 0.15) is 23.0 Å². The summed E-state index contributed by atoms with van der Waals surface area (Å²) in [4.78, 5) is 20.7. The van der Waals surface area contributed by atoms with Gasteiger partial charge in [0.15, 0.2) is 0 Å². The van der Waals surface area contributed by atoms with Gasteiger partial charge in [-0.2, -0.15) is 4.98 Å². The summed E-state index contributed by atoms with van der Waals surface area (Å²) in [6, 6.07) is 4.27. The first-order valence-corrected chi connectivity index (χ1v) is 10.9. The molecule has 0 saturated carbocycles. The van der Waals surface area contributed by atoms with Crippen LogP contribution in [0.1, 0.15) is 38.6 Å². The van der Waals surface area contributed by atoms with Crippen molar-refractivity contribution in [1.29, 1.82) is 0 Å². The van der Waals surface area contributed by atoms with Crippen LogP contribution < -0.4 is 10.2 Å². The number of nitrogens with one attached hydrogen (secondary N) is 1. The fourth-order valence-electron chi connectivity index (χ4n) is 4.64. The molecule has 0 unspecified atom stereocenters. The summed E-state index contributed by atoms with van der Waals surface area (Å²) in [5.41, 5.74) is 1.99. The molecule has 0 aromatic carbocycles. The van der Waals surface area contributed by atoms with Gasteiger partial charge in [0, 0.05) is 37.3 Å². The Hall–Kier alpha value is -2.74. The van der Waals surface area contributed by atoms with Crippen molar-refractivity contribution in [3.63, 3.8) is 0 Å². The molecule has 158 valence electrons. The van der Waals surface area contributed by atoms with E-state index >= 15 is 0 Å². The van der Waals surface area contributed by atoms with E-state index in [-0.39, 0.29) is 0 Å². The topological polar surface area (TPSA) is 81.0 Å². The number of hydrogen-bond acceptors (Lipinski definition) is 7. The molecule has 3 aromatic rings. The van der Waals surface area contributed by atoms with E-state index in [0.717, 1.165) is 72.6 Å². The minimum atomic E-state index is 0.338. The molecule has 0 bridgehead atoms. The first-order valence-electron chi connectivity index (χ1n) is 10.9. The Kier molecular flexibility index (Phi) is 5.02. The van der Waals surface area contributed by atoms with Crippen LogP contribution >= 0.6 is 0 Å². The van der Waals surface area contributed by atoms with Crippen molar-refractivity contribution < 1.29 is 4.74 Å². The largest absolute Gasteiger partial charge is 0.381 e. The highest BCUT2D eigenvalue weighted by atomic mass is 16.5. The third kappa shape index (κ3) is 3.60. The molecule has 2 aliphatic heterocycles. The summed E-state index contributed by atoms with van der Waals surface area (Å²) in [6.45, 7) is 10.2. The maximum Gasteiger partial charge on any atom is 0.227 e. The minimum absolute atomic E-state index is 0.338. The highest BCUT2D eigenvalue weighted by Crippen LogP contribution is 2.31.